The lowest BCUT2D eigenvalue weighted by molar-refractivity contribution is 0.220. The third-order valence-electron chi connectivity index (χ3n) is 4.38. The molecule has 19 heavy (non-hydrogen) atoms. The normalized spacial score (nSPS) is 19.5. The molecule has 0 spiro atoms. The smallest absolute Gasteiger partial charge is 0.0946 e. The van der Waals surface area contributed by atoms with Gasteiger partial charge in [0.25, 0.3) is 0 Å². The van der Waals surface area contributed by atoms with Crippen molar-refractivity contribution in [1.82, 2.24) is 14.9 Å². The Hall–Kier alpha value is -0.830. The number of hydrogen-bond acceptors (Lipinski definition) is 2. The molecule has 0 aromatic carbocycles. The van der Waals surface area contributed by atoms with Crippen LogP contribution in [-0.2, 0) is 6.54 Å². The van der Waals surface area contributed by atoms with Crippen molar-refractivity contribution in [3.63, 3.8) is 0 Å². The first-order valence-corrected chi connectivity index (χ1v) is 7.75. The van der Waals surface area contributed by atoms with Crippen molar-refractivity contribution in [2.24, 2.45) is 11.3 Å². The summed E-state index contributed by atoms with van der Waals surface area (Å²) < 4.78 is 2.18. The van der Waals surface area contributed by atoms with Gasteiger partial charge in [-0.3, -0.25) is 0 Å². The van der Waals surface area contributed by atoms with Crippen LogP contribution in [0, 0.1) is 11.3 Å². The standard InChI is InChI=1S/C16H29N3/c1-16(2,3)15(12-19-10-9-17-13-19)18-11-14-7-5-4-6-8-14/h9-10,13-15,18H,4-8,11-12H2,1-3H3. The lowest BCUT2D eigenvalue weighted by Crippen LogP contribution is -2.45. The van der Waals surface area contributed by atoms with Crippen molar-refractivity contribution >= 4 is 0 Å². The van der Waals surface area contributed by atoms with Gasteiger partial charge in [0, 0.05) is 25.0 Å². The van der Waals surface area contributed by atoms with Gasteiger partial charge in [-0.25, -0.2) is 4.98 Å². The summed E-state index contributed by atoms with van der Waals surface area (Å²) in [5, 5.41) is 3.82. The maximum atomic E-state index is 4.14. The third kappa shape index (κ3) is 4.64. The molecule has 2 rings (SSSR count). The highest BCUT2D eigenvalue weighted by molar-refractivity contribution is 4.85. The van der Waals surface area contributed by atoms with Crippen LogP contribution in [0.1, 0.15) is 52.9 Å². The number of nitrogens with one attached hydrogen (secondary N) is 1. The molecule has 3 heteroatoms. The summed E-state index contributed by atoms with van der Waals surface area (Å²) in [4.78, 5) is 4.14. The minimum Gasteiger partial charge on any atom is -0.336 e. The van der Waals surface area contributed by atoms with E-state index in [0.29, 0.717) is 6.04 Å². The Morgan fingerprint density at radius 2 is 2.00 bits per heavy atom. The summed E-state index contributed by atoms with van der Waals surface area (Å²) in [6.45, 7) is 9.15. The first-order valence-electron chi connectivity index (χ1n) is 7.75. The minimum atomic E-state index is 0.277. The van der Waals surface area contributed by atoms with E-state index in [1.165, 1.54) is 38.6 Å². The Morgan fingerprint density at radius 1 is 1.26 bits per heavy atom. The first-order chi connectivity index (χ1) is 9.05. The molecular formula is C16H29N3. The quantitative estimate of drug-likeness (QED) is 0.881. The summed E-state index contributed by atoms with van der Waals surface area (Å²) in [5.41, 5.74) is 0.277. The molecule has 1 N–H and O–H groups in total. The molecule has 1 aromatic rings. The maximum absolute atomic E-state index is 4.14. The molecule has 3 nitrogen and oxygen atoms in total. The Labute approximate surface area is 117 Å². The molecule has 108 valence electrons. The van der Waals surface area contributed by atoms with Crippen molar-refractivity contribution in [1.29, 1.82) is 0 Å². The number of nitrogens with zero attached hydrogens (tertiary/aromatic N) is 2. The Bertz CT molecular complexity index is 345. The number of imidazole rings is 1. The molecule has 1 aliphatic carbocycles. The molecular weight excluding hydrogens is 234 g/mol. The predicted molar refractivity (Wildman–Crippen MR) is 80.0 cm³/mol. The highest BCUT2D eigenvalue weighted by atomic mass is 15.1. The van der Waals surface area contributed by atoms with E-state index in [2.05, 4.69) is 41.8 Å². The highest BCUT2D eigenvalue weighted by Gasteiger charge is 2.25. The van der Waals surface area contributed by atoms with Crippen LogP contribution >= 0.6 is 0 Å². The molecule has 0 saturated heterocycles. The van der Waals surface area contributed by atoms with Gasteiger partial charge < -0.3 is 9.88 Å². The van der Waals surface area contributed by atoms with E-state index in [1.807, 2.05) is 12.5 Å². The second-order valence-corrected chi connectivity index (χ2v) is 7.09. The Kier molecular flexibility index (Phi) is 5.03. The van der Waals surface area contributed by atoms with E-state index in [9.17, 15) is 0 Å². The van der Waals surface area contributed by atoms with E-state index in [1.54, 1.807) is 0 Å². The van der Waals surface area contributed by atoms with Crippen LogP contribution in [0.5, 0.6) is 0 Å². The number of aromatic nitrogens is 2. The summed E-state index contributed by atoms with van der Waals surface area (Å²) in [6, 6.07) is 0.503. The topological polar surface area (TPSA) is 29.9 Å². The van der Waals surface area contributed by atoms with E-state index >= 15 is 0 Å². The number of hydrogen-bond donors (Lipinski definition) is 1. The molecule has 0 bridgehead atoms. The first kappa shape index (κ1) is 14.6. The highest BCUT2D eigenvalue weighted by Crippen LogP contribution is 2.25. The fourth-order valence-corrected chi connectivity index (χ4v) is 2.95. The molecule has 1 aromatic heterocycles. The van der Waals surface area contributed by atoms with Crippen LogP contribution < -0.4 is 5.32 Å². The molecule has 0 aliphatic heterocycles. The van der Waals surface area contributed by atoms with Gasteiger partial charge in [-0.1, -0.05) is 40.0 Å². The summed E-state index contributed by atoms with van der Waals surface area (Å²) in [6.07, 6.45) is 12.9. The average molecular weight is 263 g/mol. The van der Waals surface area contributed by atoms with Crippen LogP contribution in [0.4, 0.5) is 0 Å². The predicted octanol–water partition coefficient (Wildman–Crippen LogP) is 3.47. The van der Waals surface area contributed by atoms with Crippen LogP contribution in [0.3, 0.4) is 0 Å². The maximum Gasteiger partial charge on any atom is 0.0946 e. The second-order valence-electron chi connectivity index (χ2n) is 7.09. The zero-order valence-corrected chi connectivity index (χ0v) is 12.7. The zero-order chi connectivity index (χ0) is 13.7. The van der Waals surface area contributed by atoms with Gasteiger partial charge in [-0.05, 0) is 30.7 Å². The van der Waals surface area contributed by atoms with Gasteiger partial charge >= 0.3 is 0 Å². The van der Waals surface area contributed by atoms with Gasteiger partial charge in [0.1, 0.15) is 0 Å². The van der Waals surface area contributed by atoms with Crippen molar-refractivity contribution in [3.05, 3.63) is 18.7 Å². The lowest BCUT2D eigenvalue weighted by atomic mass is 9.85. The van der Waals surface area contributed by atoms with Crippen molar-refractivity contribution in [2.75, 3.05) is 6.54 Å². The van der Waals surface area contributed by atoms with E-state index in [0.717, 1.165) is 12.5 Å². The minimum absolute atomic E-state index is 0.277. The van der Waals surface area contributed by atoms with Gasteiger partial charge in [-0.2, -0.15) is 0 Å². The molecule has 1 saturated carbocycles. The van der Waals surface area contributed by atoms with Gasteiger partial charge in [-0.15, -0.1) is 0 Å². The zero-order valence-electron chi connectivity index (χ0n) is 12.7. The average Bonchev–Trinajstić information content (AvgIpc) is 2.87. The summed E-state index contributed by atoms with van der Waals surface area (Å²) in [7, 11) is 0. The van der Waals surface area contributed by atoms with Gasteiger partial charge in [0.15, 0.2) is 0 Å². The van der Waals surface area contributed by atoms with Crippen molar-refractivity contribution in [3.8, 4) is 0 Å². The van der Waals surface area contributed by atoms with Crippen LogP contribution in [0.15, 0.2) is 18.7 Å². The Morgan fingerprint density at radius 3 is 2.58 bits per heavy atom. The largest absolute Gasteiger partial charge is 0.336 e. The molecule has 1 unspecified atom stereocenters. The fourth-order valence-electron chi connectivity index (χ4n) is 2.95. The molecule has 1 heterocycles. The summed E-state index contributed by atoms with van der Waals surface area (Å²) in [5.74, 6) is 0.890. The van der Waals surface area contributed by atoms with E-state index in [-0.39, 0.29) is 5.41 Å². The SMILES string of the molecule is CC(C)(C)C(Cn1ccnc1)NCC1CCCCC1. The fraction of sp³-hybridized carbons (Fsp3) is 0.812. The molecule has 1 aliphatic rings. The van der Waals surface area contributed by atoms with Crippen molar-refractivity contribution < 1.29 is 0 Å². The van der Waals surface area contributed by atoms with Crippen LogP contribution in [-0.4, -0.2) is 22.1 Å². The molecule has 0 amide bonds. The van der Waals surface area contributed by atoms with Gasteiger partial charge in [0.2, 0.25) is 0 Å². The monoisotopic (exact) mass is 263 g/mol. The number of rotatable bonds is 5. The molecule has 1 fully saturated rings. The van der Waals surface area contributed by atoms with Gasteiger partial charge in [0.05, 0.1) is 6.33 Å². The molecule has 0 radical (unpaired) electrons. The van der Waals surface area contributed by atoms with E-state index in [4.69, 9.17) is 0 Å². The lowest BCUT2D eigenvalue weighted by Gasteiger charge is -2.34. The van der Waals surface area contributed by atoms with Crippen LogP contribution in [0.25, 0.3) is 0 Å². The summed E-state index contributed by atoms with van der Waals surface area (Å²) >= 11 is 0. The Balaban J connectivity index is 1.86. The third-order valence-corrected chi connectivity index (χ3v) is 4.38. The molecule has 1 atom stereocenters. The van der Waals surface area contributed by atoms with Crippen molar-refractivity contribution in [2.45, 2.75) is 65.5 Å². The van der Waals surface area contributed by atoms with Crippen LogP contribution in [0.2, 0.25) is 0 Å². The second kappa shape index (κ2) is 6.56. The van der Waals surface area contributed by atoms with E-state index < -0.39 is 0 Å².